The van der Waals surface area contributed by atoms with Crippen LogP contribution in [-0.2, 0) is 11.3 Å². The predicted octanol–water partition coefficient (Wildman–Crippen LogP) is 1.64. The van der Waals surface area contributed by atoms with Crippen molar-refractivity contribution in [3.63, 3.8) is 0 Å². The van der Waals surface area contributed by atoms with E-state index in [-0.39, 0.29) is 5.91 Å². The smallest absolute Gasteiger partial charge is 0.242 e. The Morgan fingerprint density at radius 1 is 1.53 bits per heavy atom. The lowest BCUT2D eigenvalue weighted by atomic mass is 10.1. The maximum Gasteiger partial charge on any atom is 0.242 e. The molecule has 0 aliphatic rings. The van der Waals surface area contributed by atoms with Crippen LogP contribution >= 0.6 is 0 Å². The molecule has 0 aliphatic carbocycles. The Hall–Kier alpha value is -1.29. The molecule has 0 saturated carbocycles. The molecule has 4 nitrogen and oxygen atoms in total. The number of aromatic nitrogens is 1. The Labute approximate surface area is 104 Å². The first-order chi connectivity index (χ1) is 8.12. The Morgan fingerprint density at radius 3 is 2.76 bits per heavy atom. The molecule has 1 aromatic rings. The number of rotatable bonds is 6. The number of hydrogen-bond donors (Lipinski definition) is 1. The molecule has 1 amide bonds. The van der Waals surface area contributed by atoms with Gasteiger partial charge in [-0.2, -0.15) is 0 Å². The summed E-state index contributed by atoms with van der Waals surface area (Å²) in [5, 5.41) is 3.26. The van der Waals surface area contributed by atoms with Crippen molar-refractivity contribution in [2.75, 3.05) is 20.6 Å². The fraction of sp³-hybridized carbons (Fsp3) is 0.615. The summed E-state index contributed by atoms with van der Waals surface area (Å²) in [7, 11) is 3.79. The van der Waals surface area contributed by atoms with E-state index in [4.69, 9.17) is 0 Å². The molecule has 0 bridgehead atoms. The lowest BCUT2D eigenvalue weighted by molar-refractivity contribution is -0.130. The highest BCUT2D eigenvalue weighted by molar-refractivity contribution is 5.75. The van der Waals surface area contributed by atoms with Crippen molar-refractivity contribution in [1.82, 2.24) is 14.8 Å². The summed E-state index contributed by atoms with van der Waals surface area (Å²) in [6.07, 6.45) is 5.06. The third-order valence-electron chi connectivity index (χ3n) is 3.15. The molecule has 1 aromatic heterocycles. The first kappa shape index (κ1) is 13.8. The van der Waals surface area contributed by atoms with E-state index in [2.05, 4.69) is 18.3 Å². The Kier molecular flexibility index (Phi) is 5.22. The van der Waals surface area contributed by atoms with E-state index >= 15 is 0 Å². The van der Waals surface area contributed by atoms with Crippen LogP contribution in [0.4, 0.5) is 0 Å². The minimum Gasteiger partial charge on any atom is -0.345 e. The van der Waals surface area contributed by atoms with Crippen molar-refractivity contribution >= 4 is 5.91 Å². The number of nitrogens with zero attached hydrogens (tertiary/aromatic N) is 2. The Morgan fingerprint density at radius 2 is 2.24 bits per heavy atom. The second-order valence-electron chi connectivity index (χ2n) is 4.27. The van der Waals surface area contributed by atoms with Crippen molar-refractivity contribution in [1.29, 1.82) is 0 Å². The summed E-state index contributed by atoms with van der Waals surface area (Å²) in [5.74, 6) is 0.146. The van der Waals surface area contributed by atoms with Crippen LogP contribution in [0.3, 0.4) is 0 Å². The monoisotopic (exact) mass is 237 g/mol. The van der Waals surface area contributed by atoms with Gasteiger partial charge in [0.25, 0.3) is 0 Å². The van der Waals surface area contributed by atoms with Crippen LogP contribution in [0.1, 0.15) is 31.9 Å². The van der Waals surface area contributed by atoms with Gasteiger partial charge in [0.2, 0.25) is 5.91 Å². The maximum atomic E-state index is 11.8. The van der Waals surface area contributed by atoms with Crippen LogP contribution in [0, 0.1) is 0 Å². The summed E-state index contributed by atoms with van der Waals surface area (Å²) in [4.78, 5) is 13.5. The summed E-state index contributed by atoms with van der Waals surface area (Å²) in [6, 6.07) is 2.44. The van der Waals surface area contributed by atoms with Gasteiger partial charge in [-0.15, -0.1) is 0 Å². The molecule has 0 saturated heterocycles. The quantitative estimate of drug-likeness (QED) is 0.816. The van der Waals surface area contributed by atoms with Gasteiger partial charge in [-0.3, -0.25) is 4.79 Å². The van der Waals surface area contributed by atoms with Crippen LogP contribution < -0.4 is 5.32 Å². The van der Waals surface area contributed by atoms with E-state index in [0.29, 0.717) is 12.6 Å². The first-order valence-electron chi connectivity index (χ1n) is 6.19. The van der Waals surface area contributed by atoms with E-state index < -0.39 is 0 Å². The van der Waals surface area contributed by atoms with Gasteiger partial charge in [-0.1, -0.05) is 6.92 Å². The van der Waals surface area contributed by atoms with Crippen molar-refractivity contribution < 1.29 is 4.79 Å². The van der Waals surface area contributed by atoms with Gasteiger partial charge in [-0.25, -0.2) is 0 Å². The second-order valence-corrected chi connectivity index (χ2v) is 4.27. The molecule has 96 valence electrons. The molecule has 1 unspecified atom stereocenters. The molecule has 1 rings (SSSR count). The first-order valence-corrected chi connectivity index (χ1v) is 6.19. The molecule has 0 radical (unpaired) electrons. The summed E-state index contributed by atoms with van der Waals surface area (Å²) in [5.41, 5.74) is 1.24. The molecule has 0 fully saturated rings. The third kappa shape index (κ3) is 3.60. The summed E-state index contributed by atoms with van der Waals surface area (Å²) >= 11 is 0. The number of likely N-dealkylation sites (N-methyl/N-ethyl adjacent to an activating group) is 1. The standard InChI is InChI=1S/C13H23N3O/c1-5-12(14-3)11-7-8-16(9-11)10-13(17)15(4)6-2/h7-9,12,14H,5-6,10H2,1-4H3. The highest BCUT2D eigenvalue weighted by Gasteiger charge is 2.10. The molecule has 0 aromatic carbocycles. The summed E-state index contributed by atoms with van der Waals surface area (Å²) < 4.78 is 1.95. The molecular weight excluding hydrogens is 214 g/mol. The zero-order valence-corrected chi connectivity index (χ0v) is 11.2. The number of carbonyl (C=O) groups is 1. The van der Waals surface area contributed by atoms with Crippen molar-refractivity contribution in [2.24, 2.45) is 0 Å². The third-order valence-corrected chi connectivity index (χ3v) is 3.15. The van der Waals surface area contributed by atoms with Gasteiger partial charge in [0.15, 0.2) is 0 Å². The van der Waals surface area contributed by atoms with Crippen LogP contribution in [0.2, 0.25) is 0 Å². The lowest BCUT2D eigenvalue weighted by Crippen LogP contribution is -2.29. The fourth-order valence-electron chi connectivity index (χ4n) is 1.82. The van der Waals surface area contributed by atoms with Gasteiger partial charge in [0.1, 0.15) is 6.54 Å². The highest BCUT2D eigenvalue weighted by Crippen LogP contribution is 2.16. The number of hydrogen-bond acceptors (Lipinski definition) is 2. The van der Waals surface area contributed by atoms with Gasteiger partial charge in [-0.05, 0) is 32.0 Å². The molecule has 4 heteroatoms. The largest absolute Gasteiger partial charge is 0.345 e. The second kappa shape index (κ2) is 6.45. The van der Waals surface area contributed by atoms with Gasteiger partial charge < -0.3 is 14.8 Å². The van der Waals surface area contributed by atoms with E-state index in [9.17, 15) is 4.79 Å². The lowest BCUT2D eigenvalue weighted by Gasteiger charge is -2.15. The highest BCUT2D eigenvalue weighted by atomic mass is 16.2. The predicted molar refractivity (Wildman–Crippen MR) is 69.8 cm³/mol. The van der Waals surface area contributed by atoms with Gasteiger partial charge in [0.05, 0.1) is 0 Å². The zero-order chi connectivity index (χ0) is 12.8. The molecule has 1 atom stereocenters. The number of nitrogens with one attached hydrogen (secondary N) is 1. The van der Waals surface area contributed by atoms with Crippen molar-refractivity contribution in [2.45, 2.75) is 32.9 Å². The SMILES string of the molecule is CCC(NC)c1ccn(CC(=O)N(C)CC)c1. The number of amides is 1. The van der Waals surface area contributed by atoms with Crippen LogP contribution in [-0.4, -0.2) is 36.0 Å². The Bertz CT molecular complexity index is 355. The minimum absolute atomic E-state index is 0.146. The van der Waals surface area contributed by atoms with E-state index in [0.717, 1.165) is 13.0 Å². The van der Waals surface area contributed by atoms with Crippen molar-refractivity contribution in [3.05, 3.63) is 24.0 Å². The topological polar surface area (TPSA) is 37.3 Å². The fourth-order valence-corrected chi connectivity index (χ4v) is 1.82. The van der Waals surface area contributed by atoms with Gasteiger partial charge in [0, 0.05) is 32.0 Å². The van der Waals surface area contributed by atoms with Crippen molar-refractivity contribution in [3.8, 4) is 0 Å². The molecular formula is C13H23N3O. The number of carbonyl (C=O) groups excluding carboxylic acids is 1. The molecule has 1 heterocycles. The average molecular weight is 237 g/mol. The van der Waals surface area contributed by atoms with Gasteiger partial charge >= 0.3 is 0 Å². The molecule has 0 spiro atoms. The van der Waals surface area contributed by atoms with E-state index in [1.165, 1.54) is 5.56 Å². The van der Waals surface area contributed by atoms with E-state index in [1.54, 1.807) is 4.90 Å². The average Bonchev–Trinajstić information content (AvgIpc) is 2.78. The summed E-state index contributed by atoms with van der Waals surface area (Å²) in [6.45, 7) is 5.30. The van der Waals surface area contributed by atoms with Crippen LogP contribution in [0.5, 0.6) is 0 Å². The van der Waals surface area contributed by atoms with Crippen LogP contribution in [0.15, 0.2) is 18.5 Å². The molecule has 1 N–H and O–H groups in total. The minimum atomic E-state index is 0.146. The zero-order valence-electron chi connectivity index (χ0n) is 11.2. The maximum absolute atomic E-state index is 11.8. The molecule has 17 heavy (non-hydrogen) atoms. The van der Waals surface area contributed by atoms with Crippen LogP contribution in [0.25, 0.3) is 0 Å². The normalized spacial score (nSPS) is 12.5. The van der Waals surface area contributed by atoms with E-state index in [1.807, 2.05) is 38.0 Å². The molecule has 0 aliphatic heterocycles. The Balaban J connectivity index is 2.65.